The Kier molecular flexibility index (Phi) is 2.88. The molecule has 9 heteroatoms. The van der Waals surface area contributed by atoms with Crippen LogP contribution in [0.25, 0.3) is 0 Å². The number of alkyl halides is 8. The standard InChI is InChI=1S/C5H4F8O/c6-2(7)4(10,11)5(12,13)3(8,9)1-14/h2,14H,1H2/i14D. The number of hydrogen-bond acceptors (Lipinski definition) is 1. The van der Waals surface area contributed by atoms with Gasteiger partial charge in [-0.25, -0.2) is 8.78 Å². The van der Waals surface area contributed by atoms with Gasteiger partial charge in [0.05, 0.1) is 0 Å². The summed E-state index contributed by atoms with van der Waals surface area (Å²) in [5.41, 5.74) is 0. The Balaban J connectivity index is 5.11. The van der Waals surface area contributed by atoms with Gasteiger partial charge in [0.15, 0.2) is 0 Å². The van der Waals surface area contributed by atoms with E-state index in [4.69, 9.17) is 1.43 Å². The number of halogens is 8. The minimum Gasteiger partial charge on any atom is -0.390 e. The molecule has 86 valence electrons. The van der Waals surface area contributed by atoms with Gasteiger partial charge in [0.1, 0.15) is 6.61 Å². The summed E-state index contributed by atoms with van der Waals surface area (Å²) in [7, 11) is 0. The lowest BCUT2D eigenvalue weighted by molar-refractivity contribution is -0.343. The van der Waals surface area contributed by atoms with Crippen molar-refractivity contribution in [1.82, 2.24) is 0 Å². The molecule has 0 aliphatic heterocycles. The van der Waals surface area contributed by atoms with E-state index in [0.29, 0.717) is 0 Å². The molecule has 0 aromatic heterocycles. The van der Waals surface area contributed by atoms with Crippen molar-refractivity contribution in [3.63, 3.8) is 0 Å². The summed E-state index contributed by atoms with van der Waals surface area (Å²) in [4.78, 5) is 0. The highest BCUT2D eigenvalue weighted by molar-refractivity contribution is 4.97. The van der Waals surface area contributed by atoms with E-state index in [1.807, 2.05) is 0 Å². The summed E-state index contributed by atoms with van der Waals surface area (Å²) in [5.74, 6) is -18.1. The zero-order valence-electron chi connectivity index (χ0n) is 7.22. The highest BCUT2D eigenvalue weighted by atomic mass is 19.4. The molecule has 0 radical (unpaired) electrons. The SMILES string of the molecule is [2H]OCC(F)(F)C(F)(F)C(F)(F)C(F)F. The van der Waals surface area contributed by atoms with E-state index in [2.05, 4.69) is 5.11 Å². The largest absolute Gasteiger partial charge is 0.390 e. The monoisotopic (exact) mass is 233 g/mol. The summed E-state index contributed by atoms with van der Waals surface area (Å²) in [5, 5.41) is 2.81. The molecule has 0 amide bonds. The van der Waals surface area contributed by atoms with Crippen LogP contribution < -0.4 is 0 Å². The maximum atomic E-state index is 12.3. The Morgan fingerprint density at radius 1 is 1.07 bits per heavy atom. The first-order chi connectivity index (χ1) is 6.50. The molecule has 0 aliphatic carbocycles. The molecule has 0 rings (SSSR count). The van der Waals surface area contributed by atoms with Crippen molar-refractivity contribution in [2.45, 2.75) is 24.2 Å². The summed E-state index contributed by atoms with van der Waals surface area (Å²) in [6, 6.07) is 0. The van der Waals surface area contributed by atoms with Crippen LogP contribution >= 0.6 is 0 Å². The Hall–Kier alpha value is -0.600. The van der Waals surface area contributed by atoms with E-state index in [-0.39, 0.29) is 0 Å². The van der Waals surface area contributed by atoms with Crippen molar-refractivity contribution >= 4 is 0 Å². The predicted molar refractivity (Wildman–Crippen MR) is 27.9 cm³/mol. The molecule has 0 atom stereocenters. The molecule has 0 spiro atoms. The summed E-state index contributed by atoms with van der Waals surface area (Å²) in [6.07, 6.45) is -4.95. The molecule has 0 saturated carbocycles. The van der Waals surface area contributed by atoms with Crippen LogP contribution in [0.3, 0.4) is 0 Å². The first kappa shape index (κ1) is 11.5. The average Bonchev–Trinajstić information content (AvgIpc) is 2.02. The zero-order chi connectivity index (χ0) is 12.5. The van der Waals surface area contributed by atoms with Gasteiger partial charge in [0, 0.05) is 0 Å². The molecule has 0 heterocycles. The van der Waals surface area contributed by atoms with Gasteiger partial charge < -0.3 is 5.11 Å². The lowest BCUT2D eigenvalue weighted by Crippen LogP contribution is -2.58. The third-order valence-electron chi connectivity index (χ3n) is 1.33. The van der Waals surface area contributed by atoms with Gasteiger partial charge in [0.25, 0.3) is 0 Å². The minimum absolute atomic E-state index is 2.41. The summed E-state index contributed by atoms with van der Waals surface area (Å²) >= 11 is 0. The first-order valence-corrected chi connectivity index (χ1v) is 3.00. The van der Waals surface area contributed by atoms with Gasteiger partial charge in [-0.2, -0.15) is 26.3 Å². The van der Waals surface area contributed by atoms with Crippen LogP contribution in [-0.2, 0) is 0 Å². The highest BCUT2D eigenvalue weighted by Gasteiger charge is 2.75. The fourth-order valence-electron chi connectivity index (χ4n) is 0.472. The molecule has 14 heavy (non-hydrogen) atoms. The lowest BCUT2D eigenvalue weighted by Gasteiger charge is -2.30. The van der Waals surface area contributed by atoms with Crippen molar-refractivity contribution in [3.05, 3.63) is 0 Å². The molecule has 0 fully saturated rings. The molecule has 1 N–H and O–H groups in total. The Morgan fingerprint density at radius 3 is 1.79 bits per heavy atom. The van der Waals surface area contributed by atoms with Crippen LogP contribution in [0.5, 0.6) is 0 Å². The van der Waals surface area contributed by atoms with E-state index in [1.54, 1.807) is 0 Å². The smallest absolute Gasteiger partial charge is 0.380 e. The number of aliphatic hydroxyl groups excluding tert-OH is 1. The molecule has 0 saturated heterocycles. The number of rotatable bonds is 5. The molecular weight excluding hydrogens is 228 g/mol. The van der Waals surface area contributed by atoms with Gasteiger partial charge in [0.2, 0.25) is 1.43 Å². The Bertz CT molecular complexity index is 217. The van der Waals surface area contributed by atoms with Crippen LogP contribution in [0, 0.1) is 0 Å². The normalized spacial score (nSPS) is 15.9. The molecule has 0 aromatic carbocycles. The van der Waals surface area contributed by atoms with Crippen molar-refractivity contribution in [2.24, 2.45) is 0 Å². The Morgan fingerprint density at radius 2 is 1.50 bits per heavy atom. The van der Waals surface area contributed by atoms with Crippen LogP contribution in [0.4, 0.5) is 35.1 Å². The predicted octanol–water partition coefficient (Wildman–Crippen LogP) is 2.15. The second-order valence-corrected chi connectivity index (χ2v) is 2.35. The van der Waals surface area contributed by atoms with E-state index in [0.717, 1.165) is 0 Å². The van der Waals surface area contributed by atoms with Crippen LogP contribution in [-0.4, -0.2) is 37.3 Å². The van der Waals surface area contributed by atoms with Gasteiger partial charge in [-0.15, -0.1) is 0 Å². The van der Waals surface area contributed by atoms with E-state index >= 15 is 0 Å². The van der Waals surface area contributed by atoms with Gasteiger partial charge in [-0.3, -0.25) is 0 Å². The quantitative estimate of drug-likeness (QED) is 0.721. The maximum Gasteiger partial charge on any atom is 0.380 e. The second kappa shape index (κ2) is 3.52. The lowest BCUT2D eigenvalue weighted by atomic mass is 10.1. The Labute approximate surface area is 73.8 Å². The molecular formula is C5H4F8O. The number of hydrogen-bond donors (Lipinski definition) is 1. The maximum absolute atomic E-state index is 12.3. The van der Waals surface area contributed by atoms with Crippen molar-refractivity contribution in [1.29, 1.82) is 1.43 Å². The van der Waals surface area contributed by atoms with Gasteiger partial charge >= 0.3 is 24.2 Å². The van der Waals surface area contributed by atoms with Crippen LogP contribution in [0.2, 0.25) is 0 Å². The van der Waals surface area contributed by atoms with Crippen molar-refractivity contribution < 1.29 is 40.2 Å². The first-order valence-electron chi connectivity index (χ1n) is 3.41. The molecule has 1 nitrogen and oxygen atoms in total. The third-order valence-corrected chi connectivity index (χ3v) is 1.33. The summed E-state index contributed by atoms with van der Waals surface area (Å²) in [6.45, 7) is -2.41. The molecule has 0 aliphatic rings. The zero-order valence-corrected chi connectivity index (χ0v) is 6.22. The fraction of sp³-hybridized carbons (Fsp3) is 1.00. The number of aliphatic hydroxyl groups is 1. The molecule has 0 unspecified atom stereocenters. The highest BCUT2D eigenvalue weighted by Crippen LogP contribution is 2.48. The van der Waals surface area contributed by atoms with Gasteiger partial charge in [-0.1, -0.05) is 0 Å². The fourth-order valence-corrected chi connectivity index (χ4v) is 0.472. The molecule has 0 aromatic rings. The minimum atomic E-state index is -6.30. The second-order valence-electron chi connectivity index (χ2n) is 2.35. The van der Waals surface area contributed by atoms with Crippen molar-refractivity contribution in [3.8, 4) is 0 Å². The van der Waals surface area contributed by atoms with Gasteiger partial charge in [-0.05, 0) is 0 Å². The average molecular weight is 233 g/mol. The summed E-state index contributed by atoms with van der Waals surface area (Å²) < 4.78 is 102. The topological polar surface area (TPSA) is 20.2 Å². The third kappa shape index (κ3) is 1.77. The van der Waals surface area contributed by atoms with E-state index in [9.17, 15) is 35.1 Å². The molecule has 0 bridgehead atoms. The van der Waals surface area contributed by atoms with Crippen LogP contribution in [0.1, 0.15) is 0 Å². The van der Waals surface area contributed by atoms with E-state index < -0.39 is 30.8 Å². The van der Waals surface area contributed by atoms with Crippen LogP contribution in [0.15, 0.2) is 0 Å². The van der Waals surface area contributed by atoms with E-state index in [1.165, 1.54) is 0 Å². The van der Waals surface area contributed by atoms with Crippen molar-refractivity contribution in [2.75, 3.05) is 6.61 Å².